The smallest absolute Gasteiger partial charge is 0.120 e. The molecule has 0 aromatic rings. The van der Waals surface area contributed by atoms with Crippen molar-refractivity contribution >= 4 is 12.6 Å². The Kier molecular flexibility index (Phi) is 3.77. The quantitative estimate of drug-likeness (QED) is 0.390. The third-order valence-electron chi connectivity index (χ3n) is 2.52. The topological polar surface area (TPSA) is 44.2 Å². The summed E-state index contributed by atoms with van der Waals surface area (Å²) in [6, 6.07) is 0. The number of nitrogens with one attached hydrogen (secondary N) is 1. The molecule has 0 aliphatic carbocycles. The number of carbonyl (C=O) groups is 1. The van der Waals surface area contributed by atoms with Crippen LogP contribution < -0.4 is 0 Å². The maximum Gasteiger partial charge on any atom is 0.120 e. The minimum absolute atomic E-state index is 0.704. The van der Waals surface area contributed by atoms with Crippen LogP contribution in [0.4, 0.5) is 0 Å². The van der Waals surface area contributed by atoms with E-state index in [1.165, 1.54) is 6.34 Å². The van der Waals surface area contributed by atoms with Gasteiger partial charge in [0.15, 0.2) is 0 Å². The summed E-state index contributed by atoms with van der Waals surface area (Å²) in [7, 11) is 0. The van der Waals surface area contributed by atoms with Gasteiger partial charge >= 0.3 is 0 Å². The van der Waals surface area contributed by atoms with E-state index in [1.807, 2.05) is 4.90 Å². The molecule has 1 heterocycles. The number of hydrogen-bond donors (Lipinski definition) is 1. The van der Waals surface area contributed by atoms with Gasteiger partial charge in [-0.25, -0.2) is 0 Å². The van der Waals surface area contributed by atoms with Crippen LogP contribution in [0.5, 0.6) is 0 Å². The molecule has 0 saturated carbocycles. The van der Waals surface area contributed by atoms with Gasteiger partial charge in [0.25, 0.3) is 0 Å². The molecule has 0 atom stereocenters. The molecule has 68 valence electrons. The zero-order chi connectivity index (χ0) is 8.81. The third-order valence-corrected chi connectivity index (χ3v) is 2.52. The number of rotatable bonds is 4. The Morgan fingerprint density at radius 2 is 2.08 bits per heavy atom. The highest BCUT2D eigenvalue weighted by Crippen LogP contribution is 2.20. The first kappa shape index (κ1) is 9.23. The van der Waals surface area contributed by atoms with Crippen LogP contribution in [0.15, 0.2) is 0 Å². The van der Waals surface area contributed by atoms with Crippen molar-refractivity contribution in [1.82, 2.24) is 4.90 Å². The standard InChI is InChI=1S/C9H16N2O/c10-8-11-5-3-9(4-6-11)2-1-7-12/h7-10H,1-6H2. The molecular weight excluding hydrogens is 152 g/mol. The highest BCUT2D eigenvalue weighted by atomic mass is 16.1. The van der Waals surface area contributed by atoms with Gasteiger partial charge in [-0.3, -0.25) is 5.41 Å². The Labute approximate surface area is 73.3 Å². The average molecular weight is 168 g/mol. The molecular formula is C9H16N2O. The van der Waals surface area contributed by atoms with Crippen molar-refractivity contribution in [2.45, 2.75) is 25.7 Å². The maximum absolute atomic E-state index is 10.1. The van der Waals surface area contributed by atoms with E-state index in [4.69, 9.17) is 5.41 Å². The Balaban J connectivity index is 2.16. The Hall–Kier alpha value is -0.860. The van der Waals surface area contributed by atoms with E-state index in [1.54, 1.807) is 0 Å². The summed E-state index contributed by atoms with van der Waals surface area (Å²) >= 11 is 0. The zero-order valence-electron chi connectivity index (χ0n) is 7.33. The molecule has 0 unspecified atom stereocenters. The second kappa shape index (κ2) is 4.91. The zero-order valence-corrected chi connectivity index (χ0v) is 7.33. The molecule has 0 amide bonds. The third kappa shape index (κ3) is 2.64. The fourth-order valence-electron chi connectivity index (χ4n) is 1.67. The van der Waals surface area contributed by atoms with Crippen LogP contribution in [-0.2, 0) is 4.79 Å². The van der Waals surface area contributed by atoms with E-state index in [9.17, 15) is 4.79 Å². The minimum Gasteiger partial charge on any atom is -0.363 e. The summed E-state index contributed by atoms with van der Waals surface area (Å²) in [4.78, 5) is 12.1. The number of likely N-dealkylation sites (tertiary alicyclic amines) is 1. The Morgan fingerprint density at radius 3 is 2.58 bits per heavy atom. The van der Waals surface area contributed by atoms with E-state index in [2.05, 4.69) is 0 Å². The predicted octanol–water partition coefficient (Wildman–Crippen LogP) is 1.28. The first-order chi connectivity index (χ1) is 5.86. The van der Waals surface area contributed by atoms with Crippen LogP contribution in [0.1, 0.15) is 25.7 Å². The van der Waals surface area contributed by atoms with E-state index in [0.717, 1.165) is 38.6 Å². The van der Waals surface area contributed by atoms with Gasteiger partial charge in [-0.2, -0.15) is 0 Å². The van der Waals surface area contributed by atoms with Crippen molar-refractivity contribution in [3.63, 3.8) is 0 Å². The number of piperidine rings is 1. The lowest BCUT2D eigenvalue weighted by Gasteiger charge is -2.29. The number of hydrogen-bond acceptors (Lipinski definition) is 2. The first-order valence-electron chi connectivity index (χ1n) is 4.55. The second-order valence-electron chi connectivity index (χ2n) is 3.35. The monoisotopic (exact) mass is 168 g/mol. The van der Waals surface area contributed by atoms with E-state index in [0.29, 0.717) is 12.3 Å². The molecule has 12 heavy (non-hydrogen) atoms. The highest BCUT2D eigenvalue weighted by molar-refractivity contribution is 5.50. The molecule has 1 aliphatic rings. The number of nitrogens with zero attached hydrogens (tertiary/aromatic N) is 1. The van der Waals surface area contributed by atoms with Crippen LogP contribution in [-0.4, -0.2) is 30.6 Å². The van der Waals surface area contributed by atoms with Crippen LogP contribution in [0.2, 0.25) is 0 Å². The molecule has 0 aromatic heterocycles. The lowest BCUT2D eigenvalue weighted by Crippen LogP contribution is -2.32. The molecule has 3 nitrogen and oxygen atoms in total. The van der Waals surface area contributed by atoms with Crippen LogP contribution in [0.3, 0.4) is 0 Å². The van der Waals surface area contributed by atoms with Crippen LogP contribution in [0.25, 0.3) is 0 Å². The summed E-state index contributed by atoms with van der Waals surface area (Å²) in [5.74, 6) is 0.714. The predicted molar refractivity (Wildman–Crippen MR) is 48.4 cm³/mol. The largest absolute Gasteiger partial charge is 0.363 e. The Bertz CT molecular complexity index is 151. The summed E-state index contributed by atoms with van der Waals surface area (Å²) in [5.41, 5.74) is 0. The maximum atomic E-state index is 10.1. The van der Waals surface area contributed by atoms with Crippen molar-refractivity contribution in [2.24, 2.45) is 5.92 Å². The lowest BCUT2D eigenvalue weighted by molar-refractivity contribution is -0.108. The second-order valence-corrected chi connectivity index (χ2v) is 3.35. The average Bonchev–Trinajstić information content (AvgIpc) is 2.15. The summed E-state index contributed by atoms with van der Waals surface area (Å²) in [6.07, 6.45) is 6.44. The molecule has 1 aliphatic heterocycles. The summed E-state index contributed by atoms with van der Waals surface area (Å²) < 4.78 is 0. The van der Waals surface area contributed by atoms with Gasteiger partial charge in [0.1, 0.15) is 6.29 Å². The van der Waals surface area contributed by atoms with Crippen molar-refractivity contribution < 1.29 is 4.79 Å². The van der Waals surface area contributed by atoms with Crippen molar-refractivity contribution in [3.05, 3.63) is 0 Å². The molecule has 0 bridgehead atoms. The molecule has 0 spiro atoms. The van der Waals surface area contributed by atoms with Crippen molar-refractivity contribution in [1.29, 1.82) is 5.41 Å². The van der Waals surface area contributed by atoms with Gasteiger partial charge in [-0.1, -0.05) is 0 Å². The van der Waals surface area contributed by atoms with Gasteiger partial charge in [-0.15, -0.1) is 0 Å². The van der Waals surface area contributed by atoms with Gasteiger partial charge in [0, 0.05) is 19.5 Å². The van der Waals surface area contributed by atoms with Gasteiger partial charge in [0.2, 0.25) is 0 Å². The first-order valence-corrected chi connectivity index (χ1v) is 4.55. The van der Waals surface area contributed by atoms with Crippen molar-refractivity contribution in [3.8, 4) is 0 Å². The van der Waals surface area contributed by atoms with Crippen LogP contribution in [0, 0.1) is 11.3 Å². The number of aldehydes is 1. The molecule has 1 fully saturated rings. The van der Waals surface area contributed by atoms with Crippen molar-refractivity contribution in [2.75, 3.05) is 13.1 Å². The van der Waals surface area contributed by atoms with Gasteiger partial charge < -0.3 is 9.69 Å². The lowest BCUT2D eigenvalue weighted by atomic mass is 9.93. The SMILES string of the molecule is N=CN1CCC(CCC=O)CC1. The fraction of sp³-hybridized carbons (Fsp3) is 0.778. The van der Waals surface area contributed by atoms with Crippen LogP contribution >= 0.6 is 0 Å². The molecule has 1 rings (SSSR count). The number of carbonyl (C=O) groups excluding carboxylic acids is 1. The van der Waals surface area contributed by atoms with E-state index in [-0.39, 0.29) is 0 Å². The molecule has 1 N–H and O–H groups in total. The van der Waals surface area contributed by atoms with E-state index < -0.39 is 0 Å². The minimum atomic E-state index is 0.704. The molecule has 1 saturated heterocycles. The summed E-state index contributed by atoms with van der Waals surface area (Å²) in [5, 5.41) is 7.05. The van der Waals surface area contributed by atoms with Gasteiger partial charge in [-0.05, 0) is 25.2 Å². The normalized spacial score (nSPS) is 19.2. The molecule has 0 radical (unpaired) electrons. The fourth-order valence-corrected chi connectivity index (χ4v) is 1.67. The van der Waals surface area contributed by atoms with Gasteiger partial charge in [0.05, 0.1) is 6.34 Å². The Morgan fingerprint density at radius 1 is 1.42 bits per heavy atom. The molecule has 3 heteroatoms. The molecule has 0 aromatic carbocycles. The van der Waals surface area contributed by atoms with E-state index >= 15 is 0 Å². The summed E-state index contributed by atoms with van der Waals surface area (Å²) in [6.45, 7) is 1.99. The highest BCUT2D eigenvalue weighted by Gasteiger charge is 2.16.